The van der Waals surface area contributed by atoms with E-state index < -0.39 is 0 Å². The Morgan fingerprint density at radius 3 is 2.31 bits per heavy atom. The number of para-hydroxylation sites is 1. The molecule has 1 aliphatic heterocycles. The fraction of sp³-hybridized carbons (Fsp3) is 0.0938. The lowest BCUT2D eigenvalue weighted by Crippen LogP contribution is -2.31. The molecule has 1 aliphatic rings. The molecule has 2 heterocycles. The minimum absolute atomic E-state index is 0.185. The zero-order chi connectivity index (χ0) is 26.9. The first kappa shape index (κ1) is 25.5. The first-order chi connectivity index (χ1) is 19.0. The van der Waals surface area contributed by atoms with E-state index in [0.29, 0.717) is 21.6 Å². The van der Waals surface area contributed by atoms with Crippen LogP contribution in [-0.4, -0.2) is 20.8 Å². The molecule has 0 saturated heterocycles. The van der Waals surface area contributed by atoms with Gasteiger partial charge in [-0.25, -0.2) is 5.01 Å². The van der Waals surface area contributed by atoms with Crippen molar-refractivity contribution in [2.45, 2.75) is 19.4 Å². The van der Waals surface area contributed by atoms with Gasteiger partial charge in [-0.15, -0.1) is 0 Å². The third-order valence-corrected chi connectivity index (χ3v) is 7.76. The van der Waals surface area contributed by atoms with Gasteiger partial charge in [-0.2, -0.15) is 5.10 Å². The van der Waals surface area contributed by atoms with Gasteiger partial charge in [-0.1, -0.05) is 89.9 Å². The number of rotatable bonds is 4. The molecule has 7 heteroatoms. The zero-order valence-corrected chi connectivity index (χ0v) is 23.4. The summed E-state index contributed by atoms with van der Waals surface area (Å²) in [4.78, 5) is 4.97. The number of hydrazone groups is 1. The second kappa shape index (κ2) is 10.8. The van der Waals surface area contributed by atoms with Gasteiger partial charge < -0.3 is 5.32 Å². The van der Waals surface area contributed by atoms with E-state index in [4.69, 9.17) is 45.5 Å². The third kappa shape index (κ3) is 5.01. The molecule has 39 heavy (non-hydrogen) atoms. The zero-order valence-electron chi connectivity index (χ0n) is 21.1. The van der Waals surface area contributed by atoms with Crippen LogP contribution >= 0.6 is 35.4 Å². The van der Waals surface area contributed by atoms with E-state index in [0.717, 1.165) is 50.2 Å². The second-order valence-electron chi connectivity index (χ2n) is 9.40. The van der Waals surface area contributed by atoms with Crippen molar-refractivity contribution in [1.82, 2.24) is 9.99 Å². The summed E-state index contributed by atoms with van der Waals surface area (Å²) in [7, 11) is 0. The Morgan fingerprint density at radius 1 is 0.872 bits per heavy atom. The number of fused-ring (bicyclic) bond motifs is 1. The molecular weight excluding hydrogens is 543 g/mol. The number of pyridine rings is 1. The van der Waals surface area contributed by atoms with Gasteiger partial charge in [-0.3, -0.25) is 4.98 Å². The number of nitrogens with one attached hydrogen (secondary N) is 1. The maximum Gasteiger partial charge on any atom is 0.194 e. The van der Waals surface area contributed by atoms with Crippen molar-refractivity contribution >= 4 is 62.8 Å². The molecule has 5 aromatic rings. The fourth-order valence-corrected chi connectivity index (χ4v) is 5.87. The summed E-state index contributed by atoms with van der Waals surface area (Å²) in [6.45, 7) is 2.03. The molecule has 192 valence electrons. The Morgan fingerprint density at radius 2 is 1.56 bits per heavy atom. The summed E-state index contributed by atoms with van der Waals surface area (Å²) in [6, 6.07) is 33.7. The third-order valence-electron chi connectivity index (χ3n) is 6.89. The van der Waals surface area contributed by atoms with Gasteiger partial charge in [0, 0.05) is 44.4 Å². The molecule has 4 aromatic carbocycles. The van der Waals surface area contributed by atoms with Crippen LogP contribution < -0.4 is 5.32 Å². The van der Waals surface area contributed by atoms with Crippen LogP contribution in [0.25, 0.3) is 22.0 Å². The second-order valence-corrected chi connectivity index (χ2v) is 10.6. The number of hydrogen-bond acceptors (Lipinski definition) is 3. The molecule has 0 amide bonds. The van der Waals surface area contributed by atoms with Gasteiger partial charge >= 0.3 is 0 Å². The quantitative estimate of drug-likeness (QED) is 0.220. The van der Waals surface area contributed by atoms with E-state index in [1.54, 1.807) is 0 Å². The Bertz CT molecular complexity index is 1720. The SMILES string of the molecule is Cc1nc2ccc(Cl)cc2c(-c2ccccc2)c1C1=NN(C(=S)Nc2ccccc2)[C@@H](c2ccccc2Cl)C1. The minimum atomic E-state index is -0.185. The van der Waals surface area contributed by atoms with Crippen LogP contribution in [0.3, 0.4) is 0 Å². The van der Waals surface area contributed by atoms with E-state index in [1.807, 2.05) is 103 Å². The summed E-state index contributed by atoms with van der Waals surface area (Å²) in [6.07, 6.45) is 0.606. The van der Waals surface area contributed by atoms with Gasteiger partial charge in [0.05, 0.1) is 17.3 Å². The molecule has 0 aliphatic carbocycles. The molecule has 0 spiro atoms. The van der Waals surface area contributed by atoms with E-state index in [9.17, 15) is 0 Å². The summed E-state index contributed by atoms with van der Waals surface area (Å²) in [5, 5.41) is 13.2. The topological polar surface area (TPSA) is 40.5 Å². The largest absolute Gasteiger partial charge is 0.331 e. The van der Waals surface area contributed by atoms with Crippen LogP contribution in [0.4, 0.5) is 5.69 Å². The van der Waals surface area contributed by atoms with Crippen LogP contribution in [0.1, 0.15) is 29.3 Å². The fourth-order valence-electron chi connectivity index (χ4n) is 5.15. The molecule has 1 aromatic heterocycles. The Hall–Kier alpha value is -3.77. The molecular formula is C32H24Cl2N4S. The highest BCUT2D eigenvalue weighted by Crippen LogP contribution is 2.41. The van der Waals surface area contributed by atoms with Crippen molar-refractivity contribution in [2.75, 3.05) is 5.32 Å². The van der Waals surface area contributed by atoms with Gasteiger partial charge in [0.1, 0.15) is 0 Å². The van der Waals surface area contributed by atoms with Gasteiger partial charge in [0.25, 0.3) is 0 Å². The summed E-state index contributed by atoms with van der Waals surface area (Å²) >= 11 is 19.1. The maximum atomic E-state index is 6.71. The van der Waals surface area contributed by atoms with E-state index in [-0.39, 0.29) is 6.04 Å². The number of nitrogens with zero attached hydrogens (tertiary/aromatic N) is 3. The van der Waals surface area contributed by atoms with Crippen LogP contribution in [0, 0.1) is 6.92 Å². The lowest BCUT2D eigenvalue weighted by molar-refractivity contribution is 0.375. The van der Waals surface area contributed by atoms with Crippen molar-refractivity contribution in [1.29, 1.82) is 0 Å². The molecule has 0 bridgehead atoms. The molecule has 6 rings (SSSR count). The number of hydrogen-bond donors (Lipinski definition) is 1. The number of anilines is 1. The monoisotopic (exact) mass is 566 g/mol. The van der Waals surface area contributed by atoms with Crippen LogP contribution in [0.5, 0.6) is 0 Å². The predicted molar refractivity (Wildman–Crippen MR) is 167 cm³/mol. The minimum Gasteiger partial charge on any atom is -0.331 e. The summed E-state index contributed by atoms with van der Waals surface area (Å²) < 4.78 is 0. The normalized spacial score (nSPS) is 14.9. The summed E-state index contributed by atoms with van der Waals surface area (Å²) in [5.41, 5.74) is 7.65. The van der Waals surface area contributed by atoms with Crippen molar-refractivity contribution in [3.8, 4) is 11.1 Å². The molecule has 0 fully saturated rings. The van der Waals surface area contributed by atoms with Crippen molar-refractivity contribution in [2.24, 2.45) is 5.10 Å². The highest BCUT2D eigenvalue weighted by Gasteiger charge is 2.35. The number of aromatic nitrogens is 1. The van der Waals surface area contributed by atoms with Gasteiger partial charge in [0.2, 0.25) is 0 Å². The highest BCUT2D eigenvalue weighted by atomic mass is 35.5. The average molecular weight is 568 g/mol. The Balaban J connectivity index is 1.53. The first-order valence-corrected chi connectivity index (χ1v) is 13.8. The van der Waals surface area contributed by atoms with Gasteiger partial charge in [0.15, 0.2) is 5.11 Å². The number of thiocarbonyl (C=S) groups is 1. The average Bonchev–Trinajstić information content (AvgIpc) is 3.39. The maximum absolute atomic E-state index is 6.71. The molecule has 0 unspecified atom stereocenters. The van der Waals surface area contributed by atoms with Crippen molar-refractivity contribution < 1.29 is 0 Å². The Labute approximate surface area is 242 Å². The standard InChI is InChI=1S/C32H24Cl2N4S/c1-20-30(31(21-10-4-2-5-11-21)25-18-22(33)16-17-27(25)35-20)28-19-29(24-14-8-9-15-26(24)34)38(37-28)32(39)36-23-12-6-3-7-13-23/h2-18,29H,19H2,1H3,(H,36,39)/t29-/m1/s1. The van der Waals surface area contributed by atoms with Gasteiger partial charge in [-0.05, 0) is 66.7 Å². The Kier molecular flexibility index (Phi) is 7.05. The molecule has 1 N–H and O–H groups in total. The predicted octanol–water partition coefficient (Wildman–Crippen LogP) is 9.07. The van der Waals surface area contributed by atoms with Crippen molar-refractivity contribution in [3.63, 3.8) is 0 Å². The lowest BCUT2D eigenvalue weighted by atomic mass is 9.89. The van der Waals surface area contributed by atoms with Crippen LogP contribution in [0.15, 0.2) is 108 Å². The molecule has 4 nitrogen and oxygen atoms in total. The van der Waals surface area contributed by atoms with Crippen LogP contribution in [-0.2, 0) is 0 Å². The first-order valence-electron chi connectivity index (χ1n) is 12.6. The molecule has 0 saturated carbocycles. The summed E-state index contributed by atoms with van der Waals surface area (Å²) in [5.74, 6) is 0. The number of halogens is 2. The number of benzene rings is 4. The van der Waals surface area contributed by atoms with Crippen molar-refractivity contribution in [3.05, 3.63) is 130 Å². The highest BCUT2D eigenvalue weighted by molar-refractivity contribution is 7.80. The number of aryl methyl sites for hydroxylation is 1. The lowest BCUT2D eigenvalue weighted by Gasteiger charge is -2.25. The smallest absolute Gasteiger partial charge is 0.194 e. The molecule has 1 atom stereocenters. The van der Waals surface area contributed by atoms with E-state index >= 15 is 0 Å². The molecule has 0 radical (unpaired) electrons. The van der Waals surface area contributed by atoms with E-state index in [2.05, 4.69) is 17.4 Å². The van der Waals surface area contributed by atoms with Crippen LogP contribution in [0.2, 0.25) is 10.0 Å². The van der Waals surface area contributed by atoms with E-state index in [1.165, 1.54) is 0 Å².